The van der Waals surface area contributed by atoms with Crippen molar-refractivity contribution in [3.63, 3.8) is 0 Å². The SMILES string of the molecule is COc1ccccc1Oc1ccn2nc(Nc3ccccc3C(=O)O)nc2c1. The van der Waals surface area contributed by atoms with E-state index in [4.69, 9.17) is 9.47 Å². The monoisotopic (exact) mass is 376 g/mol. The molecule has 0 atom stereocenters. The van der Waals surface area contributed by atoms with Crippen molar-refractivity contribution in [2.45, 2.75) is 0 Å². The second kappa shape index (κ2) is 7.28. The number of aromatic nitrogens is 3. The van der Waals surface area contributed by atoms with Crippen LogP contribution in [0.2, 0.25) is 0 Å². The minimum atomic E-state index is -1.03. The van der Waals surface area contributed by atoms with Crippen molar-refractivity contribution < 1.29 is 19.4 Å². The van der Waals surface area contributed by atoms with E-state index < -0.39 is 5.97 Å². The topological polar surface area (TPSA) is 98.0 Å². The molecule has 0 amide bonds. The molecule has 8 nitrogen and oxygen atoms in total. The maximum absolute atomic E-state index is 11.3. The molecule has 0 spiro atoms. The number of carbonyl (C=O) groups is 1. The van der Waals surface area contributed by atoms with Crippen LogP contribution in [0.15, 0.2) is 66.9 Å². The number of carboxylic acids is 1. The summed E-state index contributed by atoms with van der Waals surface area (Å²) in [6.07, 6.45) is 1.71. The molecule has 4 rings (SSSR count). The molecule has 0 aliphatic heterocycles. The molecule has 28 heavy (non-hydrogen) atoms. The number of methoxy groups -OCH3 is 1. The summed E-state index contributed by atoms with van der Waals surface area (Å²) in [6, 6.07) is 17.4. The van der Waals surface area contributed by atoms with Crippen LogP contribution in [0.5, 0.6) is 17.2 Å². The molecule has 4 aromatic rings. The van der Waals surface area contributed by atoms with Crippen molar-refractivity contribution in [3.8, 4) is 17.2 Å². The van der Waals surface area contributed by atoms with Crippen molar-refractivity contribution >= 4 is 23.3 Å². The highest BCUT2D eigenvalue weighted by molar-refractivity contribution is 5.94. The Morgan fingerprint density at radius 3 is 2.61 bits per heavy atom. The Hall–Kier alpha value is -4.07. The van der Waals surface area contributed by atoms with Crippen LogP contribution in [0.25, 0.3) is 5.65 Å². The Morgan fingerprint density at radius 2 is 1.82 bits per heavy atom. The number of ether oxygens (including phenoxy) is 2. The van der Waals surface area contributed by atoms with Crippen LogP contribution in [0.4, 0.5) is 11.6 Å². The van der Waals surface area contributed by atoms with Gasteiger partial charge in [-0.05, 0) is 30.3 Å². The molecule has 0 radical (unpaired) electrons. The summed E-state index contributed by atoms with van der Waals surface area (Å²) >= 11 is 0. The molecule has 0 saturated carbocycles. The Kier molecular flexibility index (Phi) is 4.51. The molecule has 2 aromatic carbocycles. The van der Waals surface area contributed by atoms with E-state index in [9.17, 15) is 9.90 Å². The fourth-order valence-corrected chi connectivity index (χ4v) is 2.71. The average Bonchev–Trinajstić information content (AvgIpc) is 3.10. The smallest absolute Gasteiger partial charge is 0.337 e. The summed E-state index contributed by atoms with van der Waals surface area (Å²) in [5, 5.41) is 16.5. The zero-order chi connectivity index (χ0) is 19.5. The van der Waals surface area contributed by atoms with E-state index in [1.165, 1.54) is 6.07 Å². The number of rotatable bonds is 6. The van der Waals surface area contributed by atoms with Gasteiger partial charge in [0.2, 0.25) is 5.95 Å². The standard InChI is InChI=1S/C20H16N4O4/c1-27-16-8-4-5-9-17(16)28-13-10-11-24-18(12-13)22-20(23-24)21-15-7-3-2-6-14(15)19(25)26/h2-12H,1H3,(H,21,23)(H,25,26). The van der Waals surface area contributed by atoms with Crippen molar-refractivity contribution in [1.29, 1.82) is 0 Å². The third kappa shape index (κ3) is 3.43. The number of benzene rings is 2. The fourth-order valence-electron chi connectivity index (χ4n) is 2.71. The normalized spacial score (nSPS) is 10.6. The number of anilines is 2. The van der Waals surface area contributed by atoms with Gasteiger partial charge in [-0.15, -0.1) is 5.10 Å². The summed E-state index contributed by atoms with van der Waals surface area (Å²) in [5.74, 6) is 1.03. The summed E-state index contributed by atoms with van der Waals surface area (Å²) in [5.41, 5.74) is 1.10. The van der Waals surface area contributed by atoms with E-state index in [-0.39, 0.29) is 11.5 Å². The van der Waals surface area contributed by atoms with Gasteiger partial charge in [0.15, 0.2) is 17.1 Å². The number of nitrogens with zero attached hydrogens (tertiary/aromatic N) is 3. The summed E-state index contributed by atoms with van der Waals surface area (Å²) in [6.45, 7) is 0. The van der Waals surface area contributed by atoms with Gasteiger partial charge >= 0.3 is 5.97 Å². The maximum atomic E-state index is 11.3. The summed E-state index contributed by atoms with van der Waals surface area (Å²) in [4.78, 5) is 15.7. The Bertz CT molecular complexity index is 1160. The van der Waals surface area contributed by atoms with E-state index in [1.807, 2.05) is 24.3 Å². The van der Waals surface area contributed by atoms with Gasteiger partial charge in [-0.1, -0.05) is 24.3 Å². The number of hydrogen-bond acceptors (Lipinski definition) is 6. The predicted molar refractivity (Wildman–Crippen MR) is 103 cm³/mol. The molecule has 0 aliphatic rings. The molecular formula is C20H16N4O4. The van der Waals surface area contributed by atoms with Gasteiger partial charge in [-0.3, -0.25) is 0 Å². The van der Waals surface area contributed by atoms with Crippen LogP contribution in [0, 0.1) is 0 Å². The van der Waals surface area contributed by atoms with Crippen LogP contribution in [0.1, 0.15) is 10.4 Å². The largest absolute Gasteiger partial charge is 0.493 e. The minimum Gasteiger partial charge on any atom is -0.493 e. The van der Waals surface area contributed by atoms with E-state index in [0.29, 0.717) is 28.6 Å². The Balaban J connectivity index is 1.61. The van der Waals surface area contributed by atoms with Crippen LogP contribution in [-0.4, -0.2) is 32.8 Å². The number of hydrogen-bond donors (Lipinski definition) is 2. The number of para-hydroxylation sites is 3. The van der Waals surface area contributed by atoms with Crippen LogP contribution >= 0.6 is 0 Å². The highest BCUT2D eigenvalue weighted by Crippen LogP contribution is 2.31. The van der Waals surface area contributed by atoms with Crippen molar-refractivity contribution in [1.82, 2.24) is 14.6 Å². The summed E-state index contributed by atoms with van der Waals surface area (Å²) in [7, 11) is 1.58. The molecule has 0 fully saturated rings. The molecule has 0 bridgehead atoms. The van der Waals surface area contributed by atoms with Gasteiger partial charge in [0, 0.05) is 12.3 Å². The first kappa shape index (κ1) is 17.3. The second-order valence-corrected chi connectivity index (χ2v) is 5.83. The molecule has 8 heteroatoms. The van der Waals surface area contributed by atoms with Gasteiger partial charge in [0.25, 0.3) is 0 Å². The molecule has 2 heterocycles. The lowest BCUT2D eigenvalue weighted by Gasteiger charge is -2.09. The highest BCUT2D eigenvalue weighted by atomic mass is 16.5. The lowest BCUT2D eigenvalue weighted by molar-refractivity contribution is 0.0698. The third-order valence-corrected chi connectivity index (χ3v) is 4.01. The van der Waals surface area contributed by atoms with Gasteiger partial charge in [0.05, 0.1) is 18.4 Å². The molecule has 0 saturated heterocycles. The predicted octanol–water partition coefficient (Wildman–Crippen LogP) is 3.97. The van der Waals surface area contributed by atoms with E-state index in [2.05, 4.69) is 15.4 Å². The first-order chi connectivity index (χ1) is 13.6. The molecule has 140 valence electrons. The van der Waals surface area contributed by atoms with E-state index in [0.717, 1.165) is 0 Å². The Morgan fingerprint density at radius 1 is 1.07 bits per heavy atom. The van der Waals surface area contributed by atoms with Crippen molar-refractivity contribution in [2.75, 3.05) is 12.4 Å². The van der Waals surface area contributed by atoms with Crippen LogP contribution < -0.4 is 14.8 Å². The highest BCUT2D eigenvalue weighted by Gasteiger charge is 2.12. The van der Waals surface area contributed by atoms with Gasteiger partial charge < -0.3 is 19.9 Å². The van der Waals surface area contributed by atoms with E-state index in [1.54, 1.807) is 48.2 Å². The average molecular weight is 376 g/mol. The van der Waals surface area contributed by atoms with Gasteiger partial charge in [0.1, 0.15) is 5.75 Å². The lowest BCUT2D eigenvalue weighted by atomic mass is 10.2. The second-order valence-electron chi connectivity index (χ2n) is 5.83. The molecule has 0 unspecified atom stereocenters. The maximum Gasteiger partial charge on any atom is 0.337 e. The lowest BCUT2D eigenvalue weighted by Crippen LogP contribution is -2.03. The minimum absolute atomic E-state index is 0.140. The van der Waals surface area contributed by atoms with Gasteiger partial charge in [-0.2, -0.15) is 4.98 Å². The first-order valence-corrected chi connectivity index (χ1v) is 8.41. The first-order valence-electron chi connectivity index (χ1n) is 8.41. The molecule has 2 aromatic heterocycles. The Labute approximate surface area is 160 Å². The van der Waals surface area contributed by atoms with Crippen LogP contribution in [-0.2, 0) is 0 Å². The van der Waals surface area contributed by atoms with Crippen molar-refractivity contribution in [3.05, 3.63) is 72.4 Å². The van der Waals surface area contributed by atoms with Gasteiger partial charge in [-0.25, -0.2) is 9.31 Å². The molecular weight excluding hydrogens is 360 g/mol. The fraction of sp³-hybridized carbons (Fsp3) is 0.0500. The number of carboxylic acid groups (broad SMARTS) is 1. The molecule has 0 aliphatic carbocycles. The molecule has 2 N–H and O–H groups in total. The third-order valence-electron chi connectivity index (χ3n) is 4.01. The quantitative estimate of drug-likeness (QED) is 0.525. The number of fused-ring (bicyclic) bond motifs is 1. The van der Waals surface area contributed by atoms with Crippen LogP contribution in [0.3, 0.4) is 0 Å². The zero-order valence-electron chi connectivity index (χ0n) is 14.9. The number of nitrogens with one attached hydrogen (secondary N) is 1. The van der Waals surface area contributed by atoms with E-state index >= 15 is 0 Å². The summed E-state index contributed by atoms with van der Waals surface area (Å²) < 4.78 is 12.7. The number of aromatic carboxylic acids is 1. The number of pyridine rings is 1. The van der Waals surface area contributed by atoms with Crippen molar-refractivity contribution in [2.24, 2.45) is 0 Å². The zero-order valence-corrected chi connectivity index (χ0v) is 14.9.